The number of aliphatic hydroxyl groups is 1. The van der Waals surface area contributed by atoms with E-state index in [1.807, 2.05) is 0 Å². The Bertz CT molecular complexity index is 572. The van der Waals surface area contributed by atoms with Gasteiger partial charge in [0.2, 0.25) is 0 Å². The largest absolute Gasteiger partial charge is 0.392 e. The van der Waals surface area contributed by atoms with Crippen molar-refractivity contribution in [2.75, 3.05) is 39.3 Å². The van der Waals surface area contributed by atoms with E-state index in [-0.39, 0.29) is 6.10 Å². The minimum absolute atomic E-state index is 0.290. The number of β-amino-alcohol motifs (C(OH)–C–C–N with tert-alkyl or cyclic N) is 1. The van der Waals surface area contributed by atoms with Gasteiger partial charge in [-0.15, -0.1) is 0 Å². The van der Waals surface area contributed by atoms with E-state index in [2.05, 4.69) is 70.5 Å². The van der Waals surface area contributed by atoms with Gasteiger partial charge < -0.3 is 10.8 Å². The third kappa shape index (κ3) is 4.89. The van der Waals surface area contributed by atoms with E-state index in [9.17, 15) is 5.11 Å². The number of nitrogens with zero attached hydrogens (tertiary/aromatic N) is 2. The molecule has 0 saturated carbocycles. The van der Waals surface area contributed by atoms with Crippen LogP contribution in [-0.2, 0) is 0 Å². The summed E-state index contributed by atoms with van der Waals surface area (Å²) >= 11 is 0. The Morgan fingerprint density at radius 2 is 1.36 bits per heavy atom. The predicted octanol–water partition coefficient (Wildman–Crippen LogP) is 2.10. The van der Waals surface area contributed by atoms with Gasteiger partial charge in [0, 0.05) is 32.7 Å². The van der Waals surface area contributed by atoms with Crippen molar-refractivity contribution in [3.05, 3.63) is 71.8 Å². The number of benzene rings is 2. The van der Waals surface area contributed by atoms with Crippen molar-refractivity contribution in [2.45, 2.75) is 18.6 Å². The molecule has 134 valence electrons. The lowest BCUT2D eigenvalue weighted by molar-refractivity contribution is 0.0602. The molecule has 0 amide bonds. The summed E-state index contributed by atoms with van der Waals surface area (Å²) in [5.41, 5.74) is 8.21. The summed E-state index contributed by atoms with van der Waals surface area (Å²) in [7, 11) is 0. The van der Waals surface area contributed by atoms with Crippen molar-refractivity contribution < 1.29 is 5.11 Å². The molecule has 1 aliphatic rings. The number of piperazine rings is 1. The summed E-state index contributed by atoms with van der Waals surface area (Å²) in [5.74, 6) is 0. The third-order valence-electron chi connectivity index (χ3n) is 4.97. The highest BCUT2D eigenvalue weighted by Gasteiger charge is 2.26. The van der Waals surface area contributed by atoms with Crippen LogP contribution >= 0.6 is 0 Å². The maximum atomic E-state index is 10.00. The molecule has 3 rings (SSSR count). The molecule has 1 fully saturated rings. The Morgan fingerprint density at radius 3 is 1.84 bits per heavy atom. The molecule has 1 atom stereocenters. The Balaban J connectivity index is 1.69. The maximum Gasteiger partial charge on any atom is 0.0679 e. The average molecular weight is 339 g/mol. The van der Waals surface area contributed by atoms with Crippen LogP contribution in [0.2, 0.25) is 0 Å². The lowest BCUT2D eigenvalue weighted by Gasteiger charge is -2.40. The van der Waals surface area contributed by atoms with Crippen LogP contribution in [0.15, 0.2) is 60.7 Å². The van der Waals surface area contributed by atoms with Crippen LogP contribution in [0.1, 0.15) is 23.6 Å². The molecule has 2 aromatic rings. The van der Waals surface area contributed by atoms with Crippen molar-refractivity contribution in [3.63, 3.8) is 0 Å². The highest BCUT2D eigenvalue weighted by atomic mass is 16.3. The van der Waals surface area contributed by atoms with Gasteiger partial charge in [0.1, 0.15) is 0 Å². The minimum atomic E-state index is -0.310. The highest BCUT2D eigenvalue weighted by molar-refractivity contribution is 5.31. The molecule has 1 saturated heterocycles. The van der Waals surface area contributed by atoms with Crippen LogP contribution in [0.3, 0.4) is 0 Å². The normalized spacial score (nSPS) is 17.7. The summed E-state index contributed by atoms with van der Waals surface area (Å²) < 4.78 is 0. The molecule has 0 bridgehead atoms. The zero-order valence-electron chi connectivity index (χ0n) is 14.8. The second-order valence-corrected chi connectivity index (χ2v) is 6.79. The second kappa shape index (κ2) is 9.11. The lowest BCUT2D eigenvalue weighted by atomic mass is 9.96. The second-order valence-electron chi connectivity index (χ2n) is 6.79. The third-order valence-corrected chi connectivity index (χ3v) is 4.97. The molecule has 0 radical (unpaired) electrons. The SMILES string of the molecule is NCCC(O)CN1CCN(C(c2ccccc2)c2ccccc2)CC1. The van der Waals surface area contributed by atoms with Crippen LogP contribution in [0.4, 0.5) is 0 Å². The Hall–Kier alpha value is -1.72. The summed E-state index contributed by atoms with van der Waals surface area (Å²) in [5, 5.41) is 10.00. The standard InChI is InChI=1S/C21H29N3O/c22-12-11-20(25)17-23-13-15-24(16-14-23)21(18-7-3-1-4-8-18)19-9-5-2-6-10-19/h1-10,20-21,25H,11-17,22H2. The lowest BCUT2D eigenvalue weighted by Crippen LogP contribution is -2.49. The van der Waals surface area contributed by atoms with Gasteiger partial charge in [0.25, 0.3) is 0 Å². The van der Waals surface area contributed by atoms with Crippen molar-refractivity contribution in [3.8, 4) is 0 Å². The van der Waals surface area contributed by atoms with Crippen molar-refractivity contribution in [2.24, 2.45) is 5.73 Å². The van der Waals surface area contributed by atoms with Crippen LogP contribution in [-0.4, -0.2) is 60.3 Å². The molecular weight excluding hydrogens is 310 g/mol. The van der Waals surface area contributed by atoms with Gasteiger partial charge in [0.05, 0.1) is 12.1 Å². The van der Waals surface area contributed by atoms with E-state index in [4.69, 9.17) is 5.73 Å². The fraction of sp³-hybridized carbons (Fsp3) is 0.429. The van der Waals surface area contributed by atoms with Crippen LogP contribution in [0.25, 0.3) is 0 Å². The first kappa shape index (κ1) is 18.1. The minimum Gasteiger partial charge on any atom is -0.392 e. The average Bonchev–Trinajstić information content (AvgIpc) is 2.65. The van der Waals surface area contributed by atoms with Gasteiger partial charge >= 0.3 is 0 Å². The molecule has 1 unspecified atom stereocenters. The first-order valence-electron chi connectivity index (χ1n) is 9.22. The molecule has 2 aromatic carbocycles. The molecule has 0 aliphatic carbocycles. The first-order valence-corrected chi connectivity index (χ1v) is 9.22. The molecule has 1 aliphatic heterocycles. The highest BCUT2D eigenvalue weighted by Crippen LogP contribution is 2.29. The monoisotopic (exact) mass is 339 g/mol. The van der Waals surface area contributed by atoms with Crippen molar-refractivity contribution >= 4 is 0 Å². The summed E-state index contributed by atoms with van der Waals surface area (Å²) in [4.78, 5) is 4.90. The summed E-state index contributed by atoms with van der Waals surface area (Å²) in [6, 6.07) is 21.8. The quantitative estimate of drug-likeness (QED) is 0.811. The van der Waals surface area contributed by atoms with E-state index in [1.54, 1.807) is 0 Å². The van der Waals surface area contributed by atoms with Gasteiger partial charge in [-0.05, 0) is 24.1 Å². The summed E-state index contributed by atoms with van der Waals surface area (Å²) in [6.45, 7) is 5.25. The molecule has 3 N–H and O–H groups in total. The van der Waals surface area contributed by atoms with Gasteiger partial charge in [-0.25, -0.2) is 0 Å². The van der Waals surface area contributed by atoms with E-state index >= 15 is 0 Å². The number of aliphatic hydroxyl groups excluding tert-OH is 1. The maximum absolute atomic E-state index is 10.00. The van der Waals surface area contributed by atoms with E-state index in [1.165, 1.54) is 11.1 Å². The van der Waals surface area contributed by atoms with E-state index in [0.717, 1.165) is 32.7 Å². The fourth-order valence-electron chi connectivity index (χ4n) is 3.67. The van der Waals surface area contributed by atoms with Crippen LogP contribution < -0.4 is 5.73 Å². The molecule has 1 heterocycles. The number of hydrogen-bond donors (Lipinski definition) is 2. The van der Waals surface area contributed by atoms with E-state index in [0.29, 0.717) is 19.0 Å². The molecule has 4 nitrogen and oxygen atoms in total. The van der Waals surface area contributed by atoms with E-state index < -0.39 is 0 Å². The first-order chi connectivity index (χ1) is 12.3. The predicted molar refractivity (Wildman–Crippen MR) is 102 cm³/mol. The molecule has 0 aromatic heterocycles. The van der Waals surface area contributed by atoms with Gasteiger partial charge in [0.15, 0.2) is 0 Å². The molecule has 25 heavy (non-hydrogen) atoms. The Kier molecular flexibility index (Phi) is 6.59. The topological polar surface area (TPSA) is 52.7 Å². The molecule has 0 spiro atoms. The van der Waals surface area contributed by atoms with Crippen molar-refractivity contribution in [1.29, 1.82) is 0 Å². The van der Waals surface area contributed by atoms with Gasteiger partial charge in [-0.3, -0.25) is 9.80 Å². The van der Waals surface area contributed by atoms with Crippen LogP contribution in [0.5, 0.6) is 0 Å². The molecule has 4 heteroatoms. The number of nitrogens with two attached hydrogens (primary N) is 1. The fourth-order valence-corrected chi connectivity index (χ4v) is 3.67. The van der Waals surface area contributed by atoms with Gasteiger partial charge in [-0.2, -0.15) is 0 Å². The number of rotatable bonds is 7. The Labute approximate surface area is 150 Å². The molecular formula is C21H29N3O. The zero-order chi connectivity index (χ0) is 17.5. The number of hydrogen-bond acceptors (Lipinski definition) is 4. The van der Waals surface area contributed by atoms with Gasteiger partial charge in [-0.1, -0.05) is 60.7 Å². The zero-order valence-corrected chi connectivity index (χ0v) is 14.8. The van der Waals surface area contributed by atoms with Crippen LogP contribution in [0, 0.1) is 0 Å². The Morgan fingerprint density at radius 1 is 0.840 bits per heavy atom. The van der Waals surface area contributed by atoms with Crippen molar-refractivity contribution in [1.82, 2.24) is 9.80 Å². The smallest absolute Gasteiger partial charge is 0.0679 e. The summed E-state index contributed by atoms with van der Waals surface area (Å²) in [6.07, 6.45) is 0.368.